The van der Waals surface area contributed by atoms with E-state index in [9.17, 15) is 8.78 Å². The summed E-state index contributed by atoms with van der Waals surface area (Å²) in [6.07, 6.45) is 0.319. The van der Waals surface area contributed by atoms with Crippen molar-refractivity contribution in [3.8, 4) is 5.69 Å². The molecule has 1 aromatic carbocycles. The Kier molecular flexibility index (Phi) is 5.95. The van der Waals surface area contributed by atoms with Crippen LogP contribution >= 0.6 is 0 Å². The molecule has 0 saturated carbocycles. The van der Waals surface area contributed by atoms with Gasteiger partial charge in [0, 0.05) is 30.6 Å². The van der Waals surface area contributed by atoms with Crippen LogP contribution in [-0.2, 0) is 0 Å². The molecule has 126 valence electrons. The number of para-hydroxylation sites is 1. The molecule has 0 unspecified atom stereocenters. The predicted molar refractivity (Wildman–Crippen MR) is 94.7 cm³/mol. The number of nitrogens with zero attached hydrogens (tertiary/aromatic N) is 4. The van der Waals surface area contributed by atoms with Gasteiger partial charge in [0.1, 0.15) is 11.5 Å². The van der Waals surface area contributed by atoms with Crippen LogP contribution in [0.15, 0.2) is 46.5 Å². The zero-order chi connectivity index (χ0) is 17.5. The molecule has 0 aliphatic rings. The lowest BCUT2D eigenvalue weighted by molar-refractivity contribution is 0.159. The first-order chi connectivity index (χ1) is 11.6. The molecule has 1 heterocycles. The number of anilines is 1. The molecule has 0 atom stereocenters. The van der Waals surface area contributed by atoms with Gasteiger partial charge >= 0.3 is 0 Å². The minimum absolute atomic E-state index is 0.523. The summed E-state index contributed by atoms with van der Waals surface area (Å²) in [5, 5.41) is 7.70. The van der Waals surface area contributed by atoms with Gasteiger partial charge in [-0.05, 0) is 25.8 Å². The highest BCUT2D eigenvalue weighted by molar-refractivity contribution is 6.10. The lowest BCUT2D eigenvalue weighted by atomic mass is 10.1. The van der Waals surface area contributed by atoms with Crippen LogP contribution in [-0.4, -0.2) is 42.7 Å². The third-order valence-corrected chi connectivity index (χ3v) is 3.34. The fourth-order valence-corrected chi connectivity index (χ4v) is 2.30. The van der Waals surface area contributed by atoms with Crippen molar-refractivity contribution in [3.63, 3.8) is 0 Å². The minimum atomic E-state index is -2.49. The maximum absolute atomic E-state index is 12.3. The molecule has 1 aromatic heterocycles. The average molecular weight is 331 g/mol. The van der Waals surface area contributed by atoms with Gasteiger partial charge in [0.05, 0.1) is 12.2 Å². The molecule has 0 saturated heterocycles. The smallest absolute Gasteiger partial charge is 0.257 e. The molecule has 0 fully saturated rings. The molecular weight excluding hydrogens is 312 g/mol. The van der Waals surface area contributed by atoms with Gasteiger partial charge in [0.25, 0.3) is 6.43 Å². The first-order valence-electron chi connectivity index (χ1n) is 7.35. The highest BCUT2D eigenvalue weighted by Gasteiger charge is 2.17. The Bertz CT molecular complexity index is 748. The van der Waals surface area contributed by atoms with Gasteiger partial charge in [0.2, 0.25) is 0 Å². The van der Waals surface area contributed by atoms with Gasteiger partial charge in [-0.25, -0.2) is 13.5 Å². The van der Waals surface area contributed by atoms with Crippen molar-refractivity contribution in [2.45, 2.75) is 13.3 Å². The normalized spacial score (nSPS) is 12.1. The van der Waals surface area contributed by atoms with Gasteiger partial charge in [-0.15, -0.1) is 0 Å². The van der Waals surface area contributed by atoms with Crippen molar-refractivity contribution < 1.29 is 8.78 Å². The number of benzene rings is 1. The summed E-state index contributed by atoms with van der Waals surface area (Å²) in [6.45, 7) is 4.75. The lowest BCUT2D eigenvalue weighted by Gasteiger charge is -2.06. The van der Waals surface area contributed by atoms with Crippen LogP contribution < -0.4 is 5.32 Å². The number of aliphatic imine (C=N–C) groups is 2. The Hall–Kier alpha value is -2.83. The van der Waals surface area contributed by atoms with Crippen LogP contribution in [0.5, 0.6) is 0 Å². The first-order valence-corrected chi connectivity index (χ1v) is 7.35. The summed E-state index contributed by atoms with van der Waals surface area (Å²) in [5.41, 5.74) is 2.87. The monoisotopic (exact) mass is 331 g/mol. The lowest BCUT2D eigenvalue weighted by Crippen LogP contribution is -2.02. The zero-order valence-electron chi connectivity index (χ0n) is 13.6. The van der Waals surface area contributed by atoms with E-state index < -0.39 is 13.0 Å². The third kappa shape index (κ3) is 3.92. The van der Waals surface area contributed by atoms with Gasteiger partial charge in [0.15, 0.2) is 0 Å². The Morgan fingerprint density at radius 3 is 2.67 bits per heavy atom. The molecule has 0 bridgehead atoms. The summed E-state index contributed by atoms with van der Waals surface area (Å²) < 4.78 is 26.3. The van der Waals surface area contributed by atoms with Crippen molar-refractivity contribution >= 4 is 24.3 Å². The maximum Gasteiger partial charge on any atom is 0.257 e. The standard InChI is InChI=1S/C17H19F2N5/c1-12-16(13(9-20-2)10-22-11-15(18)19)23-24(17(12)21-3)14-7-5-4-6-8-14/h4-10,15,21H,2,11H2,1,3H3/b13-9+,22-10?. The van der Waals surface area contributed by atoms with Crippen molar-refractivity contribution in [2.24, 2.45) is 9.98 Å². The topological polar surface area (TPSA) is 54.6 Å². The molecule has 0 aliphatic heterocycles. The molecule has 0 amide bonds. The second kappa shape index (κ2) is 8.14. The molecule has 1 N–H and O–H groups in total. The first kappa shape index (κ1) is 17.5. The van der Waals surface area contributed by atoms with E-state index in [0.717, 1.165) is 17.1 Å². The van der Waals surface area contributed by atoms with Crippen molar-refractivity contribution in [3.05, 3.63) is 47.8 Å². The molecule has 0 radical (unpaired) electrons. The molecule has 24 heavy (non-hydrogen) atoms. The summed E-state index contributed by atoms with van der Waals surface area (Å²) in [4.78, 5) is 7.47. The van der Waals surface area contributed by atoms with E-state index in [-0.39, 0.29) is 0 Å². The third-order valence-electron chi connectivity index (χ3n) is 3.34. The molecule has 2 rings (SSSR count). The highest BCUT2D eigenvalue weighted by Crippen LogP contribution is 2.26. The molecule has 7 heteroatoms. The molecular formula is C17H19F2N5. The van der Waals surface area contributed by atoms with Crippen LogP contribution in [0.2, 0.25) is 0 Å². The largest absolute Gasteiger partial charge is 0.373 e. The van der Waals surface area contributed by atoms with Gasteiger partial charge < -0.3 is 5.32 Å². The van der Waals surface area contributed by atoms with Crippen LogP contribution in [0.1, 0.15) is 11.3 Å². The average Bonchev–Trinajstić information content (AvgIpc) is 2.91. The summed E-state index contributed by atoms with van der Waals surface area (Å²) in [5.74, 6) is 0.799. The van der Waals surface area contributed by atoms with Crippen LogP contribution in [0.3, 0.4) is 0 Å². The van der Waals surface area contributed by atoms with E-state index in [1.54, 1.807) is 11.7 Å². The minimum Gasteiger partial charge on any atom is -0.373 e. The Labute approximate surface area is 139 Å². The van der Waals surface area contributed by atoms with Crippen LogP contribution in [0.25, 0.3) is 11.3 Å². The van der Waals surface area contributed by atoms with E-state index in [1.165, 1.54) is 12.4 Å². The SMILES string of the molecule is C=N/C=C(\C=NCC(F)F)c1nn(-c2ccccc2)c(NC)c1C. The fraction of sp³-hybridized carbons (Fsp3) is 0.235. The number of hydrogen-bond acceptors (Lipinski definition) is 4. The van der Waals surface area contributed by atoms with E-state index >= 15 is 0 Å². The zero-order valence-corrected chi connectivity index (χ0v) is 13.6. The van der Waals surface area contributed by atoms with E-state index in [4.69, 9.17) is 0 Å². The summed E-state index contributed by atoms with van der Waals surface area (Å²) in [7, 11) is 1.80. The Balaban J connectivity index is 2.49. The second-order valence-corrected chi connectivity index (χ2v) is 4.97. The van der Waals surface area contributed by atoms with Crippen molar-refractivity contribution in [2.75, 3.05) is 18.9 Å². The summed E-state index contributed by atoms with van der Waals surface area (Å²) >= 11 is 0. The predicted octanol–water partition coefficient (Wildman–Crippen LogP) is 3.60. The fourth-order valence-electron chi connectivity index (χ4n) is 2.30. The maximum atomic E-state index is 12.3. The van der Waals surface area contributed by atoms with E-state index in [1.807, 2.05) is 37.3 Å². The molecule has 0 spiro atoms. The number of nitrogens with one attached hydrogen (secondary N) is 1. The van der Waals surface area contributed by atoms with Crippen molar-refractivity contribution in [1.82, 2.24) is 9.78 Å². The quantitative estimate of drug-likeness (QED) is 0.788. The van der Waals surface area contributed by atoms with Gasteiger partial charge in [-0.1, -0.05) is 18.2 Å². The molecule has 0 aliphatic carbocycles. The number of aromatic nitrogens is 2. The number of hydrogen-bond donors (Lipinski definition) is 1. The molecule has 5 nitrogen and oxygen atoms in total. The highest BCUT2D eigenvalue weighted by atomic mass is 19.3. The van der Waals surface area contributed by atoms with Crippen LogP contribution in [0, 0.1) is 6.92 Å². The van der Waals surface area contributed by atoms with Gasteiger partial charge in [-0.3, -0.25) is 9.98 Å². The van der Waals surface area contributed by atoms with Crippen molar-refractivity contribution in [1.29, 1.82) is 0 Å². The number of rotatable bonds is 7. The Morgan fingerprint density at radius 2 is 2.08 bits per heavy atom. The number of halogens is 2. The van der Waals surface area contributed by atoms with E-state index in [0.29, 0.717) is 11.3 Å². The summed E-state index contributed by atoms with van der Waals surface area (Å²) in [6, 6.07) is 9.60. The van der Waals surface area contributed by atoms with Gasteiger partial charge in [-0.2, -0.15) is 5.10 Å². The second-order valence-electron chi connectivity index (χ2n) is 4.97. The molecule has 2 aromatic rings. The van der Waals surface area contributed by atoms with E-state index in [2.05, 4.69) is 27.1 Å². The Morgan fingerprint density at radius 1 is 1.38 bits per heavy atom. The number of alkyl halides is 2. The number of allylic oxidation sites excluding steroid dienone is 1. The van der Waals surface area contributed by atoms with Crippen LogP contribution in [0.4, 0.5) is 14.6 Å².